The topological polar surface area (TPSA) is 48.0 Å². The molecule has 1 atom stereocenters. The second-order valence-corrected chi connectivity index (χ2v) is 6.25. The second-order valence-electron chi connectivity index (χ2n) is 6.25. The van der Waals surface area contributed by atoms with Crippen LogP contribution in [0.4, 0.5) is 0 Å². The van der Waals surface area contributed by atoms with Gasteiger partial charge in [0, 0.05) is 25.6 Å². The normalized spacial score (nSPS) is 21.7. The molecule has 0 aromatic heterocycles. The number of carbonyl (C=O) groups excluding carboxylic acids is 1. The highest BCUT2D eigenvalue weighted by atomic mass is 16.5. The van der Waals surface area contributed by atoms with E-state index in [9.17, 15) is 4.79 Å². The van der Waals surface area contributed by atoms with Gasteiger partial charge in [0.25, 0.3) is 0 Å². The molecule has 23 heavy (non-hydrogen) atoms. The molecule has 0 saturated carbocycles. The van der Waals surface area contributed by atoms with Crippen molar-refractivity contribution in [2.24, 2.45) is 5.92 Å². The van der Waals surface area contributed by atoms with Crippen LogP contribution in [0.15, 0.2) is 12.1 Å². The van der Waals surface area contributed by atoms with E-state index >= 15 is 0 Å². The van der Waals surface area contributed by atoms with Gasteiger partial charge in [-0.1, -0.05) is 6.07 Å². The van der Waals surface area contributed by atoms with Gasteiger partial charge in [-0.2, -0.15) is 0 Å². The zero-order valence-electron chi connectivity index (χ0n) is 14.1. The first-order valence-electron chi connectivity index (χ1n) is 8.26. The third kappa shape index (κ3) is 3.02. The molecule has 0 aliphatic carbocycles. The number of rotatable bonds is 3. The molecule has 1 amide bonds. The fraction of sp³-hybridized carbons (Fsp3) is 0.611. The third-order valence-electron chi connectivity index (χ3n) is 5.05. The molecule has 5 nitrogen and oxygen atoms in total. The maximum Gasteiger partial charge on any atom is 0.219 e. The van der Waals surface area contributed by atoms with Crippen molar-refractivity contribution in [2.75, 3.05) is 33.9 Å². The number of nitrogens with zero attached hydrogens (tertiary/aromatic N) is 1. The van der Waals surface area contributed by atoms with E-state index in [0.717, 1.165) is 43.9 Å². The first-order valence-corrected chi connectivity index (χ1v) is 8.26. The van der Waals surface area contributed by atoms with Gasteiger partial charge in [0.05, 0.1) is 26.9 Å². The summed E-state index contributed by atoms with van der Waals surface area (Å²) in [4.78, 5) is 13.4. The molecule has 1 unspecified atom stereocenters. The summed E-state index contributed by atoms with van der Waals surface area (Å²) in [6, 6.07) is 4.07. The molecule has 0 radical (unpaired) electrons. The molecule has 126 valence electrons. The van der Waals surface area contributed by atoms with E-state index in [0.29, 0.717) is 12.5 Å². The summed E-state index contributed by atoms with van der Waals surface area (Å²) in [6.07, 6.45) is 2.90. The van der Waals surface area contributed by atoms with Crippen LogP contribution < -0.4 is 9.47 Å². The van der Waals surface area contributed by atoms with Gasteiger partial charge in [-0.3, -0.25) is 4.79 Å². The van der Waals surface area contributed by atoms with E-state index in [4.69, 9.17) is 14.2 Å². The highest BCUT2D eigenvalue weighted by molar-refractivity contribution is 5.73. The molecule has 2 heterocycles. The number of ether oxygens (including phenoxy) is 3. The average molecular weight is 319 g/mol. The number of hydrogen-bond acceptors (Lipinski definition) is 4. The molecule has 1 fully saturated rings. The fourth-order valence-corrected chi connectivity index (χ4v) is 3.82. The minimum atomic E-state index is 0.0904. The van der Waals surface area contributed by atoms with Crippen molar-refractivity contribution >= 4 is 5.91 Å². The van der Waals surface area contributed by atoms with E-state index in [1.54, 1.807) is 21.1 Å². The van der Waals surface area contributed by atoms with Crippen LogP contribution in [0.3, 0.4) is 0 Å². The maximum absolute atomic E-state index is 11.5. The van der Waals surface area contributed by atoms with E-state index in [2.05, 4.69) is 6.07 Å². The molecule has 2 aliphatic rings. The van der Waals surface area contributed by atoms with Crippen LogP contribution in [0.5, 0.6) is 11.5 Å². The van der Waals surface area contributed by atoms with E-state index in [1.165, 1.54) is 11.1 Å². The van der Waals surface area contributed by atoms with Crippen LogP contribution in [0.2, 0.25) is 0 Å². The van der Waals surface area contributed by atoms with Crippen molar-refractivity contribution in [3.63, 3.8) is 0 Å². The average Bonchev–Trinajstić information content (AvgIpc) is 2.60. The highest BCUT2D eigenvalue weighted by Crippen LogP contribution is 2.44. The Balaban J connectivity index is 1.84. The number of likely N-dealkylation sites (tertiary alicyclic amines) is 1. The largest absolute Gasteiger partial charge is 0.493 e. The van der Waals surface area contributed by atoms with E-state index in [-0.39, 0.29) is 12.0 Å². The van der Waals surface area contributed by atoms with Crippen LogP contribution >= 0.6 is 0 Å². The van der Waals surface area contributed by atoms with Crippen molar-refractivity contribution < 1.29 is 19.0 Å². The smallest absolute Gasteiger partial charge is 0.219 e. The Bertz CT molecular complexity index is 579. The van der Waals surface area contributed by atoms with Crippen molar-refractivity contribution in [2.45, 2.75) is 32.3 Å². The quantitative estimate of drug-likeness (QED) is 0.859. The standard InChI is InChI=1S/C18H25NO4/c1-12(20)19-9-6-13(7-10-19)17-14-4-5-16(21-2)18(22-3)15(14)8-11-23-17/h4-5,13,17H,6-11H2,1-3H3. The van der Waals surface area contributed by atoms with Crippen LogP contribution in [-0.2, 0) is 16.0 Å². The zero-order chi connectivity index (χ0) is 16.4. The summed E-state index contributed by atoms with van der Waals surface area (Å²) in [6.45, 7) is 3.99. The maximum atomic E-state index is 11.5. The van der Waals surface area contributed by atoms with Crippen LogP contribution in [0, 0.1) is 5.92 Å². The summed E-state index contributed by atoms with van der Waals surface area (Å²) in [5.74, 6) is 2.22. The highest BCUT2D eigenvalue weighted by Gasteiger charge is 2.34. The number of piperidine rings is 1. The first-order chi connectivity index (χ1) is 11.2. The molecule has 0 spiro atoms. The Morgan fingerprint density at radius 3 is 2.57 bits per heavy atom. The van der Waals surface area contributed by atoms with Crippen molar-refractivity contribution in [3.8, 4) is 11.5 Å². The van der Waals surface area contributed by atoms with Crippen molar-refractivity contribution in [3.05, 3.63) is 23.3 Å². The molecule has 2 aliphatic heterocycles. The number of carbonyl (C=O) groups is 1. The van der Waals surface area contributed by atoms with Crippen molar-refractivity contribution in [1.29, 1.82) is 0 Å². The monoisotopic (exact) mass is 319 g/mol. The fourth-order valence-electron chi connectivity index (χ4n) is 3.82. The minimum absolute atomic E-state index is 0.0904. The number of benzene rings is 1. The molecule has 5 heteroatoms. The summed E-state index contributed by atoms with van der Waals surface area (Å²) in [7, 11) is 3.35. The Hall–Kier alpha value is -1.75. The van der Waals surface area contributed by atoms with Gasteiger partial charge in [-0.05, 0) is 36.8 Å². The lowest BCUT2D eigenvalue weighted by atomic mass is 9.83. The Morgan fingerprint density at radius 2 is 1.96 bits per heavy atom. The van der Waals surface area contributed by atoms with Gasteiger partial charge >= 0.3 is 0 Å². The molecular formula is C18H25NO4. The lowest BCUT2D eigenvalue weighted by Gasteiger charge is -2.38. The van der Waals surface area contributed by atoms with Gasteiger partial charge in [0.15, 0.2) is 11.5 Å². The lowest BCUT2D eigenvalue weighted by Crippen LogP contribution is -2.39. The SMILES string of the molecule is COc1ccc2c(c1OC)CCOC2C1CCN(C(C)=O)CC1. The van der Waals surface area contributed by atoms with E-state index < -0.39 is 0 Å². The second kappa shape index (κ2) is 6.79. The van der Waals surface area contributed by atoms with Crippen LogP contribution in [-0.4, -0.2) is 44.7 Å². The predicted octanol–water partition coefficient (Wildman–Crippen LogP) is 2.58. The molecule has 0 N–H and O–H groups in total. The number of fused-ring (bicyclic) bond motifs is 1. The van der Waals surface area contributed by atoms with Crippen LogP contribution in [0.25, 0.3) is 0 Å². The third-order valence-corrected chi connectivity index (χ3v) is 5.05. The van der Waals surface area contributed by atoms with Gasteiger partial charge < -0.3 is 19.1 Å². The van der Waals surface area contributed by atoms with Gasteiger partial charge in [-0.15, -0.1) is 0 Å². The number of hydrogen-bond donors (Lipinski definition) is 0. The Labute approximate surface area is 137 Å². The zero-order valence-corrected chi connectivity index (χ0v) is 14.1. The molecule has 3 rings (SSSR count). The van der Waals surface area contributed by atoms with Crippen LogP contribution in [0.1, 0.15) is 37.0 Å². The predicted molar refractivity (Wildman–Crippen MR) is 86.9 cm³/mol. The number of methoxy groups -OCH3 is 2. The molecule has 0 bridgehead atoms. The molecule has 1 aromatic rings. The summed E-state index contributed by atoms with van der Waals surface area (Å²) in [5.41, 5.74) is 2.42. The van der Waals surface area contributed by atoms with Gasteiger partial charge in [-0.25, -0.2) is 0 Å². The van der Waals surface area contributed by atoms with E-state index in [1.807, 2.05) is 11.0 Å². The van der Waals surface area contributed by atoms with Gasteiger partial charge in [0.2, 0.25) is 5.91 Å². The van der Waals surface area contributed by atoms with Crippen molar-refractivity contribution in [1.82, 2.24) is 4.90 Å². The Kier molecular flexibility index (Phi) is 4.76. The minimum Gasteiger partial charge on any atom is -0.493 e. The summed E-state index contributed by atoms with van der Waals surface area (Å²) >= 11 is 0. The Morgan fingerprint density at radius 1 is 1.22 bits per heavy atom. The molecule has 1 aromatic carbocycles. The molecule has 1 saturated heterocycles. The summed E-state index contributed by atoms with van der Waals surface area (Å²) < 4.78 is 17.1. The van der Waals surface area contributed by atoms with Gasteiger partial charge in [0.1, 0.15) is 0 Å². The summed E-state index contributed by atoms with van der Waals surface area (Å²) in [5, 5.41) is 0. The number of amides is 1. The first kappa shape index (κ1) is 16.1. The molecular weight excluding hydrogens is 294 g/mol. The lowest BCUT2D eigenvalue weighted by molar-refractivity contribution is -0.131.